The first-order valence-electron chi connectivity index (χ1n) is 10.3. The third kappa shape index (κ3) is 4.01. The molecule has 2 N–H and O–H groups in total. The predicted octanol–water partition coefficient (Wildman–Crippen LogP) is 1.53. The molecular formula is C23H29N3O3. The molecule has 0 spiro atoms. The van der Waals surface area contributed by atoms with Crippen LogP contribution in [0, 0.1) is 0 Å². The van der Waals surface area contributed by atoms with Crippen LogP contribution in [0.5, 0.6) is 0 Å². The van der Waals surface area contributed by atoms with Crippen molar-refractivity contribution in [3.05, 3.63) is 65.7 Å². The van der Waals surface area contributed by atoms with Gasteiger partial charge >= 0.3 is 0 Å². The number of rotatable bonds is 3. The first kappa shape index (κ1) is 19.9. The molecule has 0 aliphatic carbocycles. The standard InChI is InChI=1S/C23H29N3O3/c1-24-13-15-25(16-14-24)20-9-7-18(8-10-20)22(28)26-12-11-23(29,21(27)17-26)19-5-3-2-4-6-19/h2-10,21,27,29H,11-17H2,1H3/t21-,23-/m0/s1. The van der Waals surface area contributed by atoms with Crippen molar-refractivity contribution in [1.29, 1.82) is 0 Å². The smallest absolute Gasteiger partial charge is 0.253 e. The summed E-state index contributed by atoms with van der Waals surface area (Å²) in [5.41, 5.74) is 1.12. The van der Waals surface area contributed by atoms with Crippen LogP contribution in [-0.4, -0.2) is 78.3 Å². The molecular weight excluding hydrogens is 366 g/mol. The van der Waals surface area contributed by atoms with Crippen LogP contribution < -0.4 is 4.90 Å². The summed E-state index contributed by atoms with van der Waals surface area (Å²) in [4.78, 5) is 19.2. The maximum atomic E-state index is 12.9. The monoisotopic (exact) mass is 395 g/mol. The molecule has 2 aromatic carbocycles. The van der Waals surface area contributed by atoms with E-state index >= 15 is 0 Å². The molecule has 0 unspecified atom stereocenters. The van der Waals surface area contributed by atoms with Gasteiger partial charge in [-0.1, -0.05) is 30.3 Å². The van der Waals surface area contributed by atoms with Gasteiger partial charge in [-0.2, -0.15) is 0 Å². The van der Waals surface area contributed by atoms with Crippen LogP contribution in [0.3, 0.4) is 0 Å². The van der Waals surface area contributed by atoms with E-state index in [-0.39, 0.29) is 12.5 Å². The molecule has 4 rings (SSSR count). The molecule has 0 saturated carbocycles. The molecule has 2 atom stereocenters. The van der Waals surface area contributed by atoms with Crippen molar-refractivity contribution in [1.82, 2.24) is 9.80 Å². The van der Waals surface area contributed by atoms with Crippen molar-refractivity contribution in [2.75, 3.05) is 51.2 Å². The lowest BCUT2D eigenvalue weighted by atomic mass is 9.82. The quantitative estimate of drug-likeness (QED) is 0.825. The third-order valence-corrected chi connectivity index (χ3v) is 6.25. The van der Waals surface area contributed by atoms with Gasteiger partial charge in [-0.25, -0.2) is 0 Å². The van der Waals surface area contributed by atoms with E-state index in [1.54, 1.807) is 4.90 Å². The Hall–Kier alpha value is -2.41. The first-order valence-corrected chi connectivity index (χ1v) is 10.3. The van der Waals surface area contributed by atoms with Gasteiger partial charge in [0.25, 0.3) is 5.91 Å². The van der Waals surface area contributed by atoms with Crippen LogP contribution in [0.1, 0.15) is 22.3 Å². The van der Waals surface area contributed by atoms with Crippen molar-refractivity contribution >= 4 is 11.6 Å². The zero-order chi connectivity index (χ0) is 20.4. The predicted molar refractivity (Wildman–Crippen MR) is 113 cm³/mol. The fourth-order valence-corrected chi connectivity index (χ4v) is 4.23. The number of piperazine rings is 1. The van der Waals surface area contributed by atoms with Crippen LogP contribution in [0.25, 0.3) is 0 Å². The van der Waals surface area contributed by atoms with Crippen LogP contribution in [0.2, 0.25) is 0 Å². The number of likely N-dealkylation sites (N-methyl/N-ethyl adjacent to an activating group) is 1. The lowest BCUT2D eigenvalue weighted by Crippen LogP contribution is -2.55. The summed E-state index contributed by atoms with van der Waals surface area (Å²) in [6.07, 6.45) is -0.712. The van der Waals surface area contributed by atoms with Gasteiger partial charge in [0.2, 0.25) is 0 Å². The average Bonchev–Trinajstić information content (AvgIpc) is 2.76. The molecule has 2 saturated heterocycles. The summed E-state index contributed by atoms with van der Waals surface area (Å²) in [6, 6.07) is 16.9. The zero-order valence-corrected chi connectivity index (χ0v) is 16.9. The minimum absolute atomic E-state index is 0.107. The van der Waals surface area contributed by atoms with Crippen molar-refractivity contribution in [2.45, 2.75) is 18.1 Å². The van der Waals surface area contributed by atoms with Gasteiger partial charge in [-0.15, -0.1) is 0 Å². The van der Waals surface area contributed by atoms with E-state index in [0.717, 1.165) is 31.9 Å². The maximum Gasteiger partial charge on any atom is 0.253 e. The molecule has 2 aliphatic heterocycles. The molecule has 6 heteroatoms. The lowest BCUT2D eigenvalue weighted by molar-refractivity contribution is -0.118. The van der Waals surface area contributed by atoms with Crippen LogP contribution in [0.4, 0.5) is 5.69 Å². The fraction of sp³-hybridized carbons (Fsp3) is 0.435. The van der Waals surface area contributed by atoms with Gasteiger partial charge < -0.3 is 24.9 Å². The second-order valence-electron chi connectivity index (χ2n) is 8.14. The number of benzene rings is 2. The minimum atomic E-state index is -1.32. The van der Waals surface area contributed by atoms with Crippen LogP contribution in [-0.2, 0) is 5.60 Å². The topological polar surface area (TPSA) is 67.2 Å². The maximum absolute atomic E-state index is 12.9. The third-order valence-electron chi connectivity index (χ3n) is 6.25. The molecule has 2 aromatic rings. The summed E-state index contributed by atoms with van der Waals surface area (Å²) in [6.45, 7) is 4.57. The summed E-state index contributed by atoms with van der Waals surface area (Å²) in [5.74, 6) is -0.107. The Morgan fingerprint density at radius 2 is 1.62 bits per heavy atom. The number of likely N-dealkylation sites (tertiary alicyclic amines) is 1. The Labute approximate surface area is 172 Å². The Balaban J connectivity index is 1.41. The van der Waals surface area contributed by atoms with Crippen molar-refractivity contribution in [3.8, 4) is 0 Å². The van der Waals surface area contributed by atoms with Crippen LogP contribution >= 0.6 is 0 Å². The summed E-state index contributed by atoms with van der Waals surface area (Å²) < 4.78 is 0. The largest absolute Gasteiger partial charge is 0.388 e. The van der Waals surface area contributed by atoms with Crippen molar-refractivity contribution < 1.29 is 15.0 Å². The molecule has 0 aromatic heterocycles. The number of nitrogens with zero attached hydrogens (tertiary/aromatic N) is 3. The number of β-amino-alcohol motifs (C(OH)–C–C–N with tert-alkyl or cyclic N) is 1. The SMILES string of the molecule is CN1CCN(c2ccc(C(=O)N3CC[C@](O)(c4ccccc4)[C@@H](O)C3)cc2)CC1. The molecule has 6 nitrogen and oxygen atoms in total. The zero-order valence-electron chi connectivity index (χ0n) is 16.9. The van der Waals surface area contributed by atoms with E-state index in [1.807, 2.05) is 54.6 Å². The second-order valence-corrected chi connectivity index (χ2v) is 8.14. The number of aliphatic hydroxyl groups excluding tert-OH is 1. The van der Waals surface area contributed by atoms with E-state index in [4.69, 9.17) is 0 Å². The Bertz CT molecular complexity index is 834. The highest BCUT2D eigenvalue weighted by atomic mass is 16.3. The van der Waals surface area contributed by atoms with Gasteiger partial charge in [0.1, 0.15) is 11.7 Å². The first-order chi connectivity index (χ1) is 14.0. The van der Waals surface area contributed by atoms with Gasteiger partial charge in [0, 0.05) is 50.4 Å². The number of hydrogen-bond donors (Lipinski definition) is 2. The normalized spacial score (nSPS) is 25.8. The number of hydrogen-bond acceptors (Lipinski definition) is 5. The number of anilines is 1. The Kier molecular flexibility index (Phi) is 5.58. The van der Waals surface area contributed by atoms with Gasteiger partial charge in [0.15, 0.2) is 0 Å². The second kappa shape index (κ2) is 8.14. The molecule has 29 heavy (non-hydrogen) atoms. The number of aliphatic hydroxyl groups is 2. The molecule has 154 valence electrons. The Morgan fingerprint density at radius 1 is 0.966 bits per heavy atom. The minimum Gasteiger partial charge on any atom is -0.388 e. The number of piperidine rings is 1. The molecule has 0 radical (unpaired) electrons. The number of carbonyl (C=O) groups excluding carboxylic acids is 1. The summed E-state index contributed by atoms with van der Waals surface area (Å²) in [5, 5.41) is 21.6. The highest BCUT2D eigenvalue weighted by molar-refractivity contribution is 5.94. The average molecular weight is 396 g/mol. The molecule has 2 fully saturated rings. The van der Waals surface area contributed by atoms with Crippen molar-refractivity contribution in [3.63, 3.8) is 0 Å². The van der Waals surface area contributed by atoms with E-state index in [2.05, 4.69) is 16.8 Å². The summed E-state index contributed by atoms with van der Waals surface area (Å²) in [7, 11) is 2.13. The number of carbonyl (C=O) groups is 1. The molecule has 2 aliphatic rings. The van der Waals surface area contributed by atoms with Crippen molar-refractivity contribution in [2.24, 2.45) is 0 Å². The summed E-state index contributed by atoms with van der Waals surface area (Å²) >= 11 is 0. The van der Waals surface area contributed by atoms with E-state index in [0.29, 0.717) is 24.1 Å². The van der Waals surface area contributed by atoms with Crippen LogP contribution in [0.15, 0.2) is 54.6 Å². The molecule has 0 bridgehead atoms. The number of amides is 1. The molecule has 2 heterocycles. The van der Waals surface area contributed by atoms with Gasteiger partial charge in [-0.3, -0.25) is 4.79 Å². The van der Waals surface area contributed by atoms with E-state index < -0.39 is 11.7 Å². The van der Waals surface area contributed by atoms with E-state index in [9.17, 15) is 15.0 Å². The van der Waals surface area contributed by atoms with Gasteiger partial charge in [-0.05, 0) is 36.9 Å². The van der Waals surface area contributed by atoms with Gasteiger partial charge in [0.05, 0.1) is 6.54 Å². The highest BCUT2D eigenvalue weighted by Crippen LogP contribution is 2.33. The molecule has 1 amide bonds. The highest BCUT2D eigenvalue weighted by Gasteiger charge is 2.43. The lowest BCUT2D eigenvalue weighted by Gasteiger charge is -2.42. The Morgan fingerprint density at radius 3 is 2.24 bits per heavy atom. The van der Waals surface area contributed by atoms with E-state index in [1.165, 1.54) is 0 Å². The fourth-order valence-electron chi connectivity index (χ4n) is 4.23.